The summed E-state index contributed by atoms with van der Waals surface area (Å²) < 4.78 is 6.00. The minimum Gasteiger partial charge on any atom is -0.275 e. The average Bonchev–Trinajstić information content (AvgIpc) is 3.41. The highest BCUT2D eigenvalue weighted by Crippen LogP contribution is 2.36. The van der Waals surface area contributed by atoms with Gasteiger partial charge in [-0.1, -0.05) is 29.8 Å². The molecule has 1 atom stereocenters. The van der Waals surface area contributed by atoms with Gasteiger partial charge in [0.05, 0.1) is 22.9 Å². The van der Waals surface area contributed by atoms with E-state index in [1.165, 1.54) is 21.7 Å². The number of aromatic nitrogens is 4. The van der Waals surface area contributed by atoms with Crippen LogP contribution in [-0.2, 0) is 6.67 Å². The SMILES string of the molecule is Cc1ccc(-n2c(C)nn(CN3CCC[C@H]3c3nc4ccccc4s3)c2=S)cc1. The Hall–Kier alpha value is -2.35. The molecule has 2 aromatic carbocycles. The first kappa shape index (κ1) is 18.7. The predicted molar refractivity (Wildman–Crippen MR) is 120 cm³/mol. The van der Waals surface area contributed by atoms with E-state index in [1.54, 1.807) is 11.3 Å². The van der Waals surface area contributed by atoms with Crippen molar-refractivity contribution < 1.29 is 0 Å². The summed E-state index contributed by atoms with van der Waals surface area (Å²) in [6, 6.07) is 17.1. The molecule has 0 N–H and O–H groups in total. The van der Waals surface area contributed by atoms with E-state index >= 15 is 0 Å². The van der Waals surface area contributed by atoms with Crippen LogP contribution in [0.4, 0.5) is 0 Å². The zero-order valence-corrected chi connectivity index (χ0v) is 18.2. The first-order valence-corrected chi connectivity index (χ1v) is 11.2. The summed E-state index contributed by atoms with van der Waals surface area (Å²) in [4.78, 5) is 7.36. The molecule has 29 heavy (non-hydrogen) atoms. The Balaban J connectivity index is 1.44. The molecule has 0 spiro atoms. The zero-order chi connectivity index (χ0) is 20.0. The second-order valence-corrected chi connectivity index (χ2v) is 9.06. The van der Waals surface area contributed by atoms with Crippen molar-refractivity contribution in [2.45, 2.75) is 39.4 Å². The third kappa shape index (κ3) is 3.43. The summed E-state index contributed by atoms with van der Waals surface area (Å²) in [7, 11) is 0. The van der Waals surface area contributed by atoms with Gasteiger partial charge in [-0.3, -0.25) is 9.47 Å². The van der Waals surface area contributed by atoms with E-state index in [4.69, 9.17) is 22.3 Å². The molecule has 4 aromatic rings. The topological polar surface area (TPSA) is 38.9 Å². The largest absolute Gasteiger partial charge is 0.275 e. The van der Waals surface area contributed by atoms with Crippen LogP contribution in [0.5, 0.6) is 0 Å². The average molecular weight is 422 g/mol. The third-order valence-electron chi connectivity index (χ3n) is 5.57. The number of hydrogen-bond donors (Lipinski definition) is 0. The molecule has 0 bridgehead atoms. The maximum atomic E-state index is 5.79. The van der Waals surface area contributed by atoms with Crippen LogP contribution in [0.2, 0.25) is 0 Å². The van der Waals surface area contributed by atoms with Gasteiger partial charge in [0.15, 0.2) is 0 Å². The molecular formula is C22H23N5S2. The van der Waals surface area contributed by atoms with Gasteiger partial charge in [-0.05, 0) is 63.2 Å². The Labute approximate surface area is 179 Å². The molecule has 1 aliphatic rings. The quantitative estimate of drug-likeness (QED) is 0.412. The van der Waals surface area contributed by atoms with Crippen molar-refractivity contribution in [3.8, 4) is 5.69 Å². The van der Waals surface area contributed by atoms with Crippen LogP contribution in [0, 0.1) is 18.6 Å². The molecule has 1 fully saturated rings. The van der Waals surface area contributed by atoms with Crippen molar-refractivity contribution in [1.29, 1.82) is 0 Å². The summed E-state index contributed by atoms with van der Waals surface area (Å²) in [5.74, 6) is 0.912. The molecule has 2 aromatic heterocycles. The molecular weight excluding hydrogens is 398 g/mol. The van der Waals surface area contributed by atoms with E-state index in [0.29, 0.717) is 12.7 Å². The molecule has 0 aliphatic carbocycles. The second-order valence-electron chi connectivity index (χ2n) is 7.63. The Morgan fingerprint density at radius 3 is 2.69 bits per heavy atom. The Kier molecular flexibility index (Phi) is 4.81. The minimum absolute atomic E-state index is 0.333. The fourth-order valence-corrected chi connectivity index (χ4v) is 5.55. The highest BCUT2D eigenvalue weighted by molar-refractivity contribution is 7.71. The predicted octanol–water partition coefficient (Wildman–Crippen LogP) is 5.42. The van der Waals surface area contributed by atoms with Crippen molar-refractivity contribution in [2.75, 3.05) is 6.54 Å². The standard InChI is InChI=1S/C22H23N5S2/c1-15-9-11-17(12-10-15)27-16(2)24-26(22(27)28)14-25-13-5-7-19(25)21-23-18-6-3-4-8-20(18)29-21/h3-4,6,8-12,19H,5,7,13-14H2,1-2H3/t19-/m0/s1. The number of fused-ring (bicyclic) bond motifs is 1. The molecule has 1 aliphatic heterocycles. The molecule has 148 valence electrons. The van der Waals surface area contributed by atoms with Crippen LogP contribution in [0.1, 0.15) is 35.3 Å². The lowest BCUT2D eigenvalue weighted by atomic mass is 10.2. The Morgan fingerprint density at radius 1 is 1.10 bits per heavy atom. The van der Waals surface area contributed by atoms with E-state index < -0.39 is 0 Å². The summed E-state index contributed by atoms with van der Waals surface area (Å²) in [6.07, 6.45) is 2.30. The summed E-state index contributed by atoms with van der Waals surface area (Å²) in [6.45, 7) is 5.84. The first-order valence-electron chi connectivity index (χ1n) is 9.93. The lowest BCUT2D eigenvalue weighted by Gasteiger charge is -2.22. The van der Waals surface area contributed by atoms with E-state index in [2.05, 4.69) is 64.9 Å². The van der Waals surface area contributed by atoms with Crippen LogP contribution in [0.3, 0.4) is 0 Å². The maximum absolute atomic E-state index is 5.79. The fraction of sp³-hybridized carbons (Fsp3) is 0.318. The molecule has 5 rings (SSSR count). The number of aryl methyl sites for hydroxylation is 2. The van der Waals surface area contributed by atoms with Gasteiger partial charge in [0.25, 0.3) is 0 Å². The molecule has 7 heteroatoms. The maximum Gasteiger partial charge on any atom is 0.203 e. The highest BCUT2D eigenvalue weighted by Gasteiger charge is 2.29. The van der Waals surface area contributed by atoms with Crippen LogP contribution in [0.15, 0.2) is 48.5 Å². The number of likely N-dealkylation sites (tertiary alicyclic amines) is 1. The van der Waals surface area contributed by atoms with E-state index in [-0.39, 0.29) is 0 Å². The Bertz CT molecular complexity index is 1190. The Morgan fingerprint density at radius 2 is 1.90 bits per heavy atom. The number of rotatable bonds is 4. The van der Waals surface area contributed by atoms with Crippen LogP contribution in [0.25, 0.3) is 15.9 Å². The van der Waals surface area contributed by atoms with Crippen molar-refractivity contribution in [1.82, 2.24) is 24.2 Å². The van der Waals surface area contributed by atoms with Gasteiger partial charge in [0.1, 0.15) is 10.8 Å². The summed E-state index contributed by atoms with van der Waals surface area (Å²) in [5, 5.41) is 5.96. The lowest BCUT2D eigenvalue weighted by molar-refractivity contribution is 0.189. The second kappa shape index (κ2) is 7.48. The summed E-state index contributed by atoms with van der Waals surface area (Å²) in [5.41, 5.74) is 3.39. The molecule has 0 amide bonds. The van der Waals surface area contributed by atoms with E-state index in [1.807, 2.05) is 11.6 Å². The molecule has 1 saturated heterocycles. The number of para-hydroxylation sites is 1. The number of nitrogens with zero attached hydrogens (tertiary/aromatic N) is 5. The van der Waals surface area contributed by atoms with Crippen molar-refractivity contribution in [2.24, 2.45) is 0 Å². The lowest BCUT2D eigenvalue weighted by Crippen LogP contribution is -2.27. The van der Waals surface area contributed by atoms with Gasteiger partial charge in [-0.15, -0.1) is 11.3 Å². The molecule has 0 saturated carbocycles. The number of hydrogen-bond acceptors (Lipinski definition) is 5. The van der Waals surface area contributed by atoms with Crippen molar-refractivity contribution in [3.63, 3.8) is 0 Å². The molecule has 5 nitrogen and oxygen atoms in total. The number of benzene rings is 2. The van der Waals surface area contributed by atoms with Gasteiger partial charge in [-0.25, -0.2) is 9.67 Å². The third-order valence-corrected chi connectivity index (χ3v) is 7.10. The normalized spacial score (nSPS) is 17.4. The zero-order valence-electron chi connectivity index (χ0n) is 16.6. The van der Waals surface area contributed by atoms with Crippen molar-refractivity contribution >= 4 is 33.8 Å². The van der Waals surface area contributed by atoms with Gasteiger partial charge in [0.2, 0.25) is 4.77 Å². The molecule has 0 unspecified atom stereocenters. The number of thiazole rings is 1. The van der Waals surface area contributed by atoms with Crippen LogP contribution in [-0.4, -0.2) is 30.8 Å². The van der Waals surface area contributed by atoms with Crippen LogP contribution < -0.4 is 0 Å². The summed E-state index contributed by atoms with van der Waals surface area (Å²) >= 11 is 7.60. The smallest absolute Gasteiger partial charge is 0.203 e. The van der Waals surface area contributed by atoms with E-state index in [9.17, 15) is 0 Å². The van der Waals surface area contributed by atoms with Crippen molar-refractivity contribution in [3.05, 3.63) is 69.7 Å². The van der Waals surface area contributed by atoms with Gasteiger partial charge in [-0.2, -0.15) is 5.10 Å². The van der Waals surface area contributed by atoms with E-state index in [0.717, 1.165) is 34.8 Å². The van der Waals surface area contributed by atoms with Gasteiger partial charge in [0, 0.05) is 12.2 Å². The van der Waals surface area contributed by atoms with Gasteiger partial charge < -0.3 is 0 Å². The molecule has 3 heterocycles. The monoisotopic (exact) mass is 421 g/mol. The minimum atomic E-state index is 0.333. The highest BCUT2D eigenvalue weighted by atomic mass is 32.1. The first-order chi connectivity index (χ1) is 14.1. The molecule has 0 radical (unpaired) electrons. The van der Waals surface area contributed by atoms with Crippen LogP contribution >= 0.6 is 23.6 Å². The fourth-order valence-electron chi connectivity index (χ4n) is 4.08. The van der Waals surface area contributed by atoms with Gasteiger partial charge >= 0.3 is 0 Å².